The summed E-state index contributed by atoms with van der Waals surface area (Å²) in [5.41, 5.74) is 2.11. The Labute approximate surface area is 159 Å². The Bertz CT molecular complexity index is 918. The van der Waals surface area contributed by atoms with E-state index in [0.717, 1.165) is 60.8 Å². The fourth-order valence-corrected chi connectivity index (χ4v) is 4.43. The molecule has 3 heterocycles. The SMILES string of the molecule is CCc1nn(-c2noc(C3CCN(CC4CCC4)CC3)n2)c2ccccc12. The second-order valence-electron chi connectivity index (χ2n) is 8.03. The average Bonchev–Trinajstić information content (AvgIpc) is 3.30. The molecule has 2 aromatic heterocycles. The zero-order chi connectivity index (χ0) is 18.2. The van der Waals surface area contributed by atoms with E-state index in [0.29, 0.717) is 11.9 Å². The fourth-order valence-electron chi connectivity index (χ4n) is 4.43. The van der Waals surface area contributed by atoms with Gasteiger partial charge in [0.25, 0.3) is 5.95 Å². The van der Waals surface area contributed by atoms with Gasteiger partial charge in [0.05, 0.1) is 11.2 Å². The Hall–Kier alpha value is -2.21. The van der Waals surface area contributed by atoms with Crippen LogP contribution in [0.1, 0.15) is 56.5 Å². The molecule has 6 nitrogen and oxygen atoms in total. The van der Waals surface area contributed by atoms with Gasteiger partial charge in [0.2, 0.25) is 5.89 Å². The first-order valence-electron chi connectivity index (χ1n) is 10.3. The molecular formula is C21H27N5O. The Kier molecular flexibility index (Phi) is 4.44. The maximum atomic E-state index is 5.66. The van der Waals surface area contributed by atoms with Gasteiger partial charge >= 0.3 is 0 Å². The lowest BCUT2D eigenvalue weighted by molar-refractivity contribution is 0.139. The van der Waals surface area contributed by atoms with E-state index in [1.165, 1.54) is 25.8 Å². The minimum absolute atomic E-state index is 0.372. The molecule has 0 bridgehead atoms. The van der Waals surface area contributed by atoms with Gasteiger partial charge in [-0.15, -0.1) is 0 Å². The first-order valence-corrected chi connectivity index (χ1v) is 10.3. The van der Waals surface area contributed by atoms with Crippen molar-refractivity contribution in [3.05, 3.63) is 35.9 Å². The number of piperidine rings is 1. The largest absolute Gasteiger partial charge is 0.337 e. The first-order chi connectivity index (χ1) is 13.3. The van der Waals surface area contributed by atoms with Crippen molar-refractivity contribution in [3.63, 3.8) is 0 Å². The molecule has 142 valence electrons. The van der Waals surface area contributed by atoms with Gasteiger partial charge in [-0.05, 0) is 62.3 Å². The summed E-state index contributed by atoms with van der Waals surface area (Å²) >= 11 is 0. The molecule has 2 fully saturated rings. The van der Waals surface area contributed by atoms with Crippen LogP contribution in [0.3, 0.4) is 0 Å². The molecule has 1 aliphatic heterocycles. The van der Waals surface area contributed by atoms with Gasteiger partial charge in [-0.2, -0.15) is 14.8 Å². The molecule has 1 aliphatic carbocycles. The highest BCUT2D eigenvalue weighted by Crippen LogP contribution is 2.31. The van der Waals surface area contributed by atoms with Gasteiger partial charge < -0.3 is 9.42 Å². The quantitative estimate of drug-likeness (QED) is 0.685. The molecular weight excluding hydrogens is 338 g/mol. The van der Waals surface area contributed by atoms with Crippen LogP contribution in [0.15, 0.2) is 28.8 Å². The van der Waals surface area contributed by atoms with Crippen molar-refractivity contribution in [3.8, 4) is 5.95 Å². The zero-order valence-corrected chi connectivity index (χ0v) is 16.0. The van der Waals surface area contributed by atoms with E-state index in [9.17, 15) is 0 Å². The number of benzene rings is 1. The van der Waals surface area contributed by atoms with Crippen LogP contribution >= 0.6 is 0 Å². The smallest absolute Gasteiger partial charge is 0.291 e. The summed E-state index contributed by atoms with van der Waals surface area (Å²) < 4.78 is 7.48. The van der Waals surface area contributed by atoms with Crippen molar-refractivity contribution in [2.45, 2.75) is 51.4 Å². The van der Waals surface area contributed by atoms with Crippen LogP contribution in [0.2, 0.25) is 0 Å². The summed E-state index contributed by atoms with van der Waals surface area (Å²) in [7, 11) is 0. The molecule has 0 spiro atoms. The molecule has 1 saturated heterocycles. The number of aryl methyl sites for hydroxylation is 1. The van der Waals surface area contributed by atoms with Crippen molar-refractivity contribution < 1.29 is 4.52 Å². The van der Waals surface area contributed by atoms with Crippen LogP contribution in [-0.2, 0) is 6.42 Å². The summed E-state index contributed by atoms with van der Waals surface area (Å²) in [6.45, 7) is 5.69. The Morgan fingerprint density at radius 3 is 2.67 bits per heavy atom. The predicted octanol–water partition coefficient (Wildman–Crippen LogP) is 3.95. The van der Waals surface area contributed by atoms with Gasteiger partial charge in [0, 0.05) is 17.8 Å². The summed E-state index contributed by atoms with van der Waals surface area (Å²) in [5.74, 6) is 2.64. The molecule has 0 amide bonds. The lowest BCUT2D eigenvalue weighted by Crippen LogP contribution is -2.38. The topological polar surface area (TPSA) is 60.0 Å². The summed E-state index contributed by atoms with van der Waals surface area (Å²) in [4.78, 5) is 7.34. The number of hydrogen-bond donors (Lipinski definition) is 0. The Balaban J connectivity index is 1.32. The van der Waals surface area contributed by atoms with Crippen LogP contribution in [0.5, 0.6) is 0 Å². The van der Waals surface area contributed by atoms with Crippen molar-refractivity contribution in [1.29, 1.82) is 0 Å². The maximum absolute atomic E-state index is 5.66. The van der Waals surface area contributed by atoms with Crippen LogP contribution in [-0.4, -0.2) is 44.5 Å². The van der Waals surface area contributed by atoms with E-state index in [-0.39, 0.29) is 0 Å². The zero-order valence-electron chi connectivity index (χ0n) is 16.0. The maximum Gasteiger partial charge on any atom is 0.291 e. The van der Waals surface area contributed by atoms with Crippen molar-refractivity contribution in [2.75, 3.05) is 19.6 Å². The third-order valence-corrected chi connectivity index (χ3v) is 6.30. The Morgan fingerprint density at radius 1 is 1.11 bits per heavy atom. The van der Waals surface area contributed by atoms with Crippen LogP contribution in [0, 0.1) is 5.92 Å². The molecule has 3 aromatic rings. The van der Waals surface area contributed by atoms with E-state index in [2.05, 4.69) is 29.1 Å². The summed E-state index contributed by atoms with van der Waals surface area (Å²) in [6, 6.07) is 8.25. The van der Waals surface area contributed by atoms with E-state index in [1.807, 2.05) is 16.8 Å². The standard InChI is InChI=1S/C21H27N5O/c1-2-18-17-8-3-4-9-19(17)26(23-18)21-22-20(27-24-21)16-10-12-25(13-11-16)14-15-6-5-7-15/h3-4,8-9,15-16H,2,5-7,10-14H2,1H3. The molecule has 2 aliphatic rings. The van der Waals surface area contributed by atoms with E-state index in [1.54, 1.807) is 0 Å². The third-order valence-electron chi connectivity index (χ3n) is 6.30. The van der Waals surface area contributed by atoms with Crippen LogP contribution < -0.4 is 0 Å². The molecule has 5 rings (SSSR count). The minimum atomic E-state index is 0.372. The van der Waals surface area contributed by atoms with E-state index < -0.39 is 0 Å². The highest BCUT2D eigenvalue weighted by molar-refractivity contribution is 5.83. The molecule has 1 aromatic carbocycles. The molecule has 27 heavy (non-hydrogen) atoms. The average molecular weight is 365 g/mol. The highest BCUT2D eigenvalue weighted by atomic mass is 16.5. The predicted molar refractivity (Wildman–Crippen MR) is 104 cm³/mol. The molecule has 0 radical (unpaired) electrons. The lowest BCUT2D eigenvalue weighted by Gasteiger charge is -2.36. The van der Waals surface area contributed by atoms with Crippen LogP contribution in [0.4, 0.5) is 0 Å². The molecule has 1 saturated carbocycles. The third kappa shape index (κ3) is 3.16. The highest BCUT2D eigenvalue weighted by Gasteiger charge is 2.28. The molecule has 0 N–H and O–H groups in total. The van der Waals surface area contributed by atoms with Gasteiger partial charge in [0.15, 0.2) is 0 Å². The number of likely N-dealkylation sites (tertiary alicyclic amines) is 1. The van der Waals surface area contributed by atoms with E-state index in [4.69, 9.17) is 14.6 Å². The monoisotopic (exact) mass is 365 g/mol. The second-order valence-corrected chi connectivity index (χ2v) is 8.03. The second kappa shape index (κ2) is 7.08. The number of rotatable bonds is 5. The summed E-state index contributed by atoms with van der Waals surface area (Å²) in [5, 5.41) is 10.1. The molecule has 6 heteroatoms. The van der Waals surface area contributed by atoms with Crippen molar-refractivity contribution in [2.24, 2.45) is 5.92 Å². The molecule has 0 atom stereocenters. The number of para-hydroxylation sites is 1. The summed E-state index contributed by atoms with van der Waals surface area (Å²) in [6.07, 6.45) is 7.36. The minimum Gasteiger partial charge on any atom is -0.337 e. The van der Waals surface area contributed by atoms with Crippen molar-refractivity contribution in [1.82, 2.24) is 24.8 Å². The van der Waals surface area contributed by atoms with Gasteiger partial charge in [0.1, 0.15) is 0 Å². The number of nitrogens with zero attached hydrogens (tertiary/aromatic N) is 5. The fraction of sp³-hybridized carbons (Fsp3) is 0.571. The Morgan fingerprint density at radius 2 is 1.93 bits per heavy atom. The van der Waals surface area contributed by atoms with E-state index >= 15 is 0 Å². The lowest BCUT2D eigenvalue weighted by atomic mass is 9.84. The van der Waals surface area contributed by atoms with Crippen molar-refractivity contribution >= 4 is 10.9 Å². The number of hydrogen-bond acceptors (Lipinski definition) is 5. The molecule has 0 unspecified atom stereocenters. The van der Waals surface area contributed by atoms with Crippen LogP contribution in [0.25, 0.3) is 16.9 Å². The van der Waals surface area contributed by atoms with Gasteiger partial charge in [-0.3, -0.25) is 0 Å². The first kappa shape index (κ1) is 16.9. The number of aromatic nitrogens is 4. The number of fused-ring (bicyclic) bond motifs is 1. The normalized spacial score (nSPS) is 19.6. The van der Waals surface area contributed by atoms with Gasteiger partial charge in [-0.1, -0.05) is 31.5 Å². The van der Waals surface area contributed by atoms with Gasteiger partial charge in [-0.25, -0.2) is 0 Å².